The summed E-state index contributed by atoms with van der Waals surface area (Å²) in [5.74, 6) is -0.591. The molecule has 10 heteroatoms. The Morgan fingerprint density at radius 1 is 1.36 bits per heavy atom. The second-order valence-corrected chi connectivity index (χ2v) is 5.56. The summed E-state index contributed by atoms with van der Waals surface area (Å²) < 4.78 is 45.8. The topological polar surface area (TPSA) is 135 Å². The Morgan fingerprint density at radius 3 is 2.21 bits per heavy atom. The lowest BCUT2D eigenvalue weighted by Gasteiger charge is -2.05. The number of urea groups is 1. The first kappa shape index (κ1) is 12.9. The molecule has 2 amide bonds. The molecule has 0 aromatic carbocycles. The number of sulfonamides is 1. The van der Waals surface area contributed by atoms with Gasteiger partial charge in [0.15, 0.2) is 0 Å². The lowest BCUT2D eigenvalue weighted by atomic mass is 10.8. The van der Waals surface area contributed by atoms with E-state index < -0.39 is 32.0 Å². The fourth-order valence-electron chi connectivity index (χ4n) is 0.510. The van der Waals surface area contributed by atoms with Crippen molar-refractivity contribution in [2.45, 2.75) is 0 Å². The van der Waals surface area contributed by atoms with Gasteiger partial charge in [0.1, 0.15) is 0 Å². The van der Waals surface area contributed by atoms with Crippen molar-refractivity contribution >= 4 is 26.3 Å². The van der Waals surface area contributed by atoms with E-state index in [0.717, 1.165) is 6.08 Å². The molecule has 0 unspecified atom stereocenters. The highest BCUT2D eigenvalue weighted by Crippen LogP contribution is 1.88. The molecule has 0 aromatic heterocycles. The van der Waals surface area contributed by atoms with E-state index in [1.807, 2.05) is 0 Å². The van der Waals surface area contributed by atoms with Crippen LogP contribution in [0.25, 0.3) is 0 Å². The average molecular weight is 243 g/mol. The summed E-state index contributed by atoms with van der Waals surface area (Å²) in [7, 11) is -8.53. The Labute approximate surface area is 81.4 Å². The van der Waals surface area contributed by atoms with Crippen LogP contribution in [-0.4, -0.2) is 28.6 Å². The van der Waals surface area contributed by atoms with Gasteiger partial charge >= 0.3 is 16.2 Å². The van der Waals surface area contributed by atoms with Crippen LogP contribution in [0.15, 0.2) is 12.7 Å². The van der Waals surface area contributed by atoms with E-state index in [1.54, 1.807) is 0 Å². The minimum absolute atomic E-state index is 0.591. The molecule has 0 aliphatic heterocycles. The van der Waals surface area contributed by atoms with Gasteiger partial charge in [-0.2, -0.15) is 8.42 Å². The third-order valence-electron chi connectivity index (χ3n) is 0.809. The summed E-state index contributed by atoms with van der Waals surface area (Å²) in [6, 6.07) is -1.38. The van der Waals surface area contributed by atoms with Crippen molar-refractivity contribution in [2.75, 3.05) is 5.75 Å². The molecule has 82 valence electrons. The molecule has 0 saturated heterocycles. The highest BCUT2D eigenvalue weighted by molar-refractivity contribution is 8.04. The molecule has 0 bridgehead atoms. The van der Waals surface area contributed by atoms with Crippen molar-refractivity contribution in [1.29, 1.82) is 0 Å². The number of nitrogens with two attached hydrogens (primary N) is 1. The van der Waals surface area contributed by atoms with Crippen LogP contribution in [0.1, 0.15) is 0 Å². The van der Waals surface area contributed by atoms with Crippen LogP contribution in [0.4, 0.5) is 4.79 Å². The number of rotatable bonds is 5. The molecule has 0 atom stereocenters. The third kappa shape index (κ3) is 5.50. The molecule has 0 fully saturated rings. The van der Waals surface area contributed by atoms with E-state index in [9.17, 15) is 21.6 Å². The summed E-state index contributed by atoms with van der Waals surface area (Å²) in [6.45, 7) is 3.11. The zero-order valence-electron chi connectivity index (χ0n) is 6.93. The Hall–Kier alpha value is -1.13. The highest BCUT2D eigenvalue weighted by atomic mass is 32.3. The van der Waals surface area contributed by atoms with Crippen molar-refractivity contribution in [2.24, 2.45) is 5.73 Å². The molecule has 14 heavy (non-hydrogen) atoms. The number of nitrogens with one attached hydrogen (secondary N) is 2. The van der Waals surface area contributed by atoms with Gasteiger partial charge in [-0.1, -0.05) is 10.2 Å². The first-order valence-corrected chi connectivity index (χ1v) is 6.26. The lowest BCUT2D eigenvalue weighted by Crippen LogP contribution is -2.45. The second-order valence-electron chi connectivity index (χ2n) is 2.12. The van der Waals surface area contributed by atoms with Crippen molar-refractivity contribution in [3.8, 4) is 0 Å². The summed E-state index contributed by atoms with van der Waals surface area (Å²) >= 11 is 0. The first-order chi connectivity index (χ1) is 6.18. The Balaban J connectivity index is 4.68. The molecular weight excluding hydrogens is 234 g/mol. The summed E-state index contributed by atoms with van der Waals surface area (Å²) in [6.07, 6.45) is 0.988. The van der Waals surface area contributed by atoms with E-state index in [4.69, 9.17) is 0 Å². The molecule has 0 radical (unpaired) electrons. The maximum atomic E-state index is 10.9. The zero-order valence-corrected chi connectivity index (χ0v) is 8.56. The Morgan fingerprint density at radius 2 is 1.86 bits per heavy atom. The van der Waals surface area contributed by atoms with Crippen molar-refractivity contribution in [3.63, 3.8) is 0 Å². The fourth-order valence-corrected chi connectivity index (χ4v) is 2.86. The number of primary amides is 1. The maximum absolute atomic E-state index is 10.9. The molecule has 0 rings (SSSR count). The smallest absolute Gasteiger partial charge is 0.326 e. The van der Waals surface area contributed by atoms with Gasteiger partial charge in [-0.05, 0) is 0 Å². The molecule has 0 aliphatic carbocycles. The van der Waals surface area contributed by atoms with Crippen LogP contribution in [0.5, 0.6) is 0 Å². The number of amides is 2. The second kappa shape index (κ2) is 4.39. The molecule has 0 aromatic rings. The maximum Gasteiger partial charge on any atom is 0.326 e. The lowest BCUT2D eigenvalue weighted by molar-refractivity contribution is 0.253. The minimum atomic E-state index is -4.47. The molecule has 0 aliphatic rings. The van der Waals surface area contributed by atoms with Gasteiger partial charge in [0.25, 0.3) is 0 Å². The van der Waals surface area contributed by atoms with Crippen LogP contribution < -0.4 is 14.6 Å². The normalized spacial score (nSPS) is 12.0. The molecule has 0 heterocycles. The highest BCUT2D eigenvalue weighted by Gasteiger charge is 2.20. The van der Waals surface area contributed by atoms with E-state index >= 15 is 0 Å². The van der Waals surface area contributed by atoms with Crippen molar-refractivity contribution in [3.05, 3.63) is 12.7 Å². The van der Waals surface area contributed by atoms with E-state index in [-0.39, 0.29) is 0 Å². The van der Waals surface area contributed by atoms with E-state index in [1.165, 1.54) is 8.85 Å². The quantitative estimate of drug-likeness (QED) is 0.480. The Kier molecular flexibility index (Phi) is 4.04. The van der Waals surface area contributed by atoms with Crippen LogP contribution in [0, 0.1) is 0 Å². The molecule has 0 saturated carbocycles. The summed E-state index contributed by atoms with van der Waals surface area (Å²) in [4.78, 5) is 10.1. The van der Waals surface area contributed by atoms with Gasteiger partial charge in [0.2, 0.25) is 10.0 Å². The molecule has 8 nitrogen and oxygen atoms in total. The first-order valence-electron chi connectivity index (χ1n) is 3.13. The largest absolute Gasteiger partial charge is 0.351 e. The summed E-state index contributed by atoms with van der Waals surface area (Å²) in [5.41, 5.74) is 4.49. The van der Waals surface area contributed by atoms with E-state index in [2.05, 4.69) is 12.3 Å². The van der Waals surface area contributed by atoms with Crippen molar-refractivity contribution in [1.82, 2.24) is 8.85 Å². The van der Waals surface area contributed by atoms with Gasteiger partial charge in [-0.3, -0.25) is 0 Å². The fraction of sp³-hybridized carbons (Fsp3) is 0.250. The SMILES string of the molecule is C=CCS(=O)(=O)NS(=O)(=O)NC(N)=O. The van der Waals surface area contributed by atoms with Crippen LogP contribution >= 0.6 is 0 Å². The minimum Gasteiger partial charge on any atom is -0.351 e. The van der Waals surface area contributed by atoms with Gasteiger partial charge in [0, 0.05) is 0 Å². The van der Waals surface area contributed by atoms with Gasteiger partial charge in [-0.15, -0.1) is 6.58 Å². The number of carbonyl (C=O) groups excluding carboxylic acids is 1. The Bertz CT molecular complexity index is 422. The van der Waals surface area contributed by atoms with Crippen LogP contribution in [0.2, 0.25) is 0 Å². The van der Waals surface area contributed by atoms with Gasteiger partial charge in [-0.25, -0.2) is 17.9 Å². The van der Waals surface area contributed by atoms with Crippen LogP contribution in [0.3, 0.4) is 0 Å². The van der Waals surface area contributed by atoms with E-state index in [0.29, 0.717) is 0 Å². The monoisotopic (exact) mass is 243 g/mol. The number of hydrogen-bond acceptors (Lipinski definition) is 5. The average Bonchev–Trinajstić information content (AvgIpc) is 1.78. The molecular formula is C4H9N3O5S2. The standard InChI is InChI=1S/C4H9N3O5S2/c1-2-3-13(9,10)7-14(11,12)6-4(5)8/h2,7H,1,3H2,(H3,5,6,8). The third-order valence-corrected chi connectivity index (χ3v) is 3.85. The predicted molar refractivity (Wildman–Crippen MR) is 48.8 cm³/mol. The number of carbonyl (C=O) groups is 1. The van der Waals surface area contributed by atoms with Gasteiger partial charge in [0.05, 0.1) is 5.75 Å². The molecule has 0 spiro atoms. The zero-order chi connectivity index (χ0) is 11.4. The van der Waals surface area contributed by atoms with Crippen molar-refractivity contribution < 1.29 is 21.6 Å². The van der Waals surface area contributed by atoms with Crippen LogP contribution in [-0.2, 0) is 20.2 Å². The molecule has 4 N–H and O–H groups in total. The number of hydrogen-bond donors (Lipinski definition) is 3. The van der Waals surface area contributed by atoms with Gasteiger partial charge < -0.3 is 5.73 Å². The summed E-state index contributed by atoms with van der Waals surface area (Å²) in [5, 5.41) is 0. The predicted octanol–water partition coefficient (Wildman–Crippen LogP) is -2.00.